The van der Waals surface area contributed by atoms with Crippen molar-refractivity contribution in [2.75, 3.05) is 7.11 Å². The third-order valence-electron chi connectivity index (χ3n) is 5.79. The molecule has 0 aliphatic heterocycles. The maximum Gasteiger partial charge on any atom is 0.341 e. The molecule has 2 aliphatic carbocycles. The number of ketones is 1. The van der Waals surface area contributed by atoms with Crippen LogP contribution in [0.4, 0.5) is 0 Å². The first-order chi connectivity index (χ1) is 10.2. The van der Waals surface area contributed by atoms with Gasteiger partial charge in [-0.05, 0) is 36.3 Å². The lowest BCUT2D eigenvalue weighted by Gasteiger charge is -2.32. The van der Waals surface area contributed by atoms with E-state index in [0.717, 1.165) is 12.8 Å². The molecule has 2 bridgehead atoms. The first-order valence-corrected chi connectivity index (χ1v) is 7.63. The minimum absolute atomic E-state index is 0.0255. The van der Waals surface area contributed by atoms with Gasteiger partial charge in [-0.1, -0.05) is 32.9 Å². The number of Topliss-reactive ketones (excluding diaryl/α,β-unsaturated/α-hetero) is 1. The van der Waals surface area contributed by atoms with Gasteiger partial charge in [0.2, 0.25) is 0 Å². The molecule has 0 aromatic heterocycles. The molecule has 0 radical (unpaired) electrons. The number of fused-ring (bicyclic) bond motifs is 2. The fraction of sp³-hybridized carbons (Fsp3) is 0.556. The van der Waals surface area contributed by atoms with Crippen molar-refractivity contribution >= 4 is 11.8 Å². The summed E-state index contributed by atoms with van der Waals surface area (Å²) in [6, 6.07) is 6.24. The van der Waals surface area contributed by atoms with Gasteiger partial charge in [0.25, 0.3) is 0 Å². The smallest absolute Gasteiger partial charge is 0.341 e. The average Bonchev–Trinajstić information content (AvgIpc) is 2.81. The molecule has 22 heavy (non-hydrogen) atoms. The number of phenolic OH excluding ortho intramolecular Hbond substituents is 1. The van der Waals surface area contributed by atoms with Gasteiger partial charge in [-0.2, -0.15) is 0 Å². The third-order valence-corrected chi connectivity index (χ3v) is 5.79. The second-order valence-electron chi connectivity index (χ2n) is 6.93. The lowest BCUT2D eigenvalue weighted by molar-refractivity contribution is -0.128. The highest BCUT2D eigenvalue weighted by molar-refractivity contribution is 5.92. The van der Waals surface area contributed by atoms with Crippen molar-refractivity contribution in [2.45, 2.75) is 40.0 Å². The molecule has 3 rings (SSSR count). The second kappa shape index (κ2) is 5.75. The molecule has 4 nitrogen and oxygen atoms in total. The number of para-hydroxylation sites is 1. The number of rotatable bonds is 1. The molecular weight excluding hydrogens is 280 g/mol. The summed E-state index contributed by atoms with van der Waals surface area (Å²) in [5, 5.41) is 9.11. The van der Waals surface area contributed by atoms with E-state index < -0.39 is 5.97 Å². The molecule has 2 aliphatic rings. The number of carbonyl (C=O) groups is 2. The molecule has 0 saturated heterocycles. The Labute approximate surface area is 131 Å². The standard InChI is InChI=1S/C10H16O.C8H8O3/c1-9(2)7-4-5-10(9,3)8(11)6-7;1-11-8(10)6-4-2-3-5-7(6)9/h7H,4-6H2,1-3H3;2-5,9H,1H3. The number of aromatic hydroxyl groups is 1. The monoisotopic (exact) mass is 304 g/mol. The summed E-state index contributed by atoms with van der Waals surface area (Å²) in [4.78, 5) is 22.4. The molecule has 4 heteroatoms. The van der Waals surface area contributed by atoms with Gasteiger partial charge < -0.3 is 9.84 Å². The van der Waals surface area contributed by atoms with E-state index in [1.807, 2.05) is 0 Å². The zero-order valence-corrected chi connectivity index (χ0v) is 13.7. The second-order valence-corrected chi connectivity index (χ2v) is 6.93. The fourth-order valence-electron chi connectivity index (χ4n) is 3.66. The first kappa shape index (κ1) is 16.5. The van der Waals surface area contributed by atoms with Crippen LogP contribution in [0.15, 0.2) is 24.3 Å². The normalized spacial score (nSPS) is 28.0. The number of phenols is 1. The van der Waals surface area contributed by atoms with Crippen LogP contribution in [0.3, 0.4) is 0 Å². The number of benzene rings is 1. The SMILES string of the molecule is CC12CCC(CC1=O)C2(C)C.COC(=O)c1ccccc1O. The highest BCUT2D eigenvalue weighted by atomic mass is 16.5. The van der Waals surface area contributed by atoms with E-state index in [0.29, 0.717) is 11.7 Å². The van der Waals surface area contributed by atoms with Crippen molar-refractivity contribution in [3.8, 4) is 5.75 Å². The van der Waals surface area contributed by atoms with E-state index in [9.17, 15) is 9.59 Å². The number of hydrogen-bond acceptors (Lipinski definition) is 4. The Morgan fingerprint density at radius 2 is 1.91 bits per heavy atom. The number of esters is 1. The van der Waals surface area contributed by atoms with Crippen LogP contribution in [0.2, 0.25) is 0 Å². The van der Waals surface area contributed by atoms with Crippen LogP contribution in [0.1, 0.15) is 50.4 Å². The summed E-state index contributed by atoms with van der Waals surface area (Å²) in [6.45, 7) is 6.67. The van der Waals surface area contributed by atoms with E-state index in [2.05, 4.69) is 25.5 Å². The van der Waals surface area contributed by atoms with Gasteiger partial charge >= 0.3 is 5.97 Å². The Hall–Kier alpha value is -1.84. The summed E-state index contributed by atoms with van der Waals surface area (Å²) in [5.41, 5.74) is 0.497. The zero-order valence-electron chi connectivity index (χ0n) is 13.7. The maximum absolute atomic E-state index is 11.6. The molecule has 1 aromatic carbocycles. The molecule has 1 aromatic rings. The van der Waals surface area contributed by atoms with Gasteiger partial charge in [-0.25, -0.2) is 4.79 Å². The number of methoxy groups -OCH3 is 1. The molecule has 1 N–H and O–H groups in total. The molecule has 0 heterocycles. The largest absolute Gasteiger partial charge is 0.507 e. The van der Waals surface area contributed by atoms with E-state index in [4.69, 9.17) is 5.11 Å². The predicted octanol–water partition coefficient (Wildman–Crippen LogP) is 3.58. The Balaban J connectivity index is 0.000000160. The van der Waals surface area contributed by atoms with Crippen LogP contribution in [0.25, 0.3) is 0 Å². The van der Waals surface area contributed by atoms with Gasteiger partial charge in [0.15, 0.2) is 0 Å². The zero-order chi connectivity index (χ0) is 16.5. The van der Waals surface area contributed by atoms with Crippen LogP contribution in [-0.4, -0.2) is 24.0 Å². The van der Waals surface area contributed by atoms with Crippen LogP contribution in [0, 0.1) is 16.7 Å². The Bertz CT molecular complexity index is 591. The van der Waals surface area contributed by atoms with E-state index >= 15 is 0 Å². The molecular formula is C18H24O4. The van der Waals surface area contributed by atoms with Gasteiger partial charge in [-0.15, -0.1) is 0 Å². The Morgan fingerprint density at radius 1 is 1.27 bits per heavy atom. The number of hydrogen-bond donors (Lipinski definition) is 1. The van der Waals surface area contributed by atoms with Crippen molar-refractivity contribution in [1.82, 2.24) is 0 Å². The molecule has 120 valence electrons. The minimum Gasteiger partial charge on any atom is -0.507 e. The summed E-state index contributed by atoms with van der Waals surface area (Å²) in [5.74, 6) is 0.612. The summed E-state index contributed by atoms with van der Waals surface area (Å²) in [7, 11) is 1.27. The van der Waals surface area contributed by atoms with Crippen molar-refractivity contribution in [3.63, 3.8) is 0 Å². The lowest BCUT2D eigenvalue weighted by atomic mass is 9.70. The molecule has 0 spiro atoms. The predicted molar refractivity (Wildman–Crippen MR) is 83.7 cm³/mol. The van der Waals surface area contributed by atoms with Crippen molar-refractivity contribution < 1.29 is 19.4 Å². The molecule has 2 atom stereocenters. The summed E-state index contributed by atoms with van der Waals surface area (Å²) < 4.78 is 4.42. The van der Waals surface area contributed by atoms with Crippen LogP contribution < -0.4 is 0 Å². The van der Waals surface area contributed by atoms with Gasteiger partial charge in [-0.3, -0.25) is 4.79 Å². The van der Waals surface area contributed by atoms with Crippen molar-refractivity contribution in [1.29, 1.82) is 0 Å². The number of carbonyl (C=O) groups excluding carboxylic acids is 2. The van der Waals surface area contributed by atoms with Gasteiger partial charge in [0, 0.05) is 11.8 Å². The summed E-state index contributed by atoms with van der Waals surface area (Å²) in [6.07, 6.45) is 3.25. The Morgan fingerprint density at radius 3 is 2.27 bits per heavy atom. The van der Waals surface area contributed by atoms with E-state index in [-0.39, 0.29) is 22.1 Å². The van der Waals surface area contributed by atoms with Crippen LogP contribution >= 0.6 is 0 Å². The quantitative estimate of drug-likeness (QED) is 0.805. The maximum atomic E-state index is 11.6. The van der Waals surface area contributed by atoms with Gasteiger partial charge in [0.1, 0.15) is 17.1 Å². The average molecular weight is 304 g/mol. The molecule has 2 saturated carbocycles. The molecule has 2 unspecified atom stereocenters. The third kappa shape index (κ3) is 2.51. The fourth-order valence-corrected chi connectivity index (χ4v) is 3.66. The molecule has 0 amide bonds. The highest BCUT2D eigenvalue weighted by Gasteiger charge is 2.61. The van der Waals surface area contributed by atoms with Crippen LogP contribution in [0.5, 0.6) is 5.75 Å². The van der Waals surface area contributed by atoms with Crippen molar-refractivity contribution in [3.05, 3.63) is 29.8 Å². The van der Waals surface area contributed by atoms with E-state index in [1.54, 1.807) is 12.1 Å². The topological polar surface area (TPSA) is 63.6 Å². The summed E-state index contributed by atoms with van der Waals surface area (Å²) >= 11 is 0. The lowest BCUT2D eigenvalue weighted by Crippen LogP contribution is -2.32. The van der Waals surface area contributed by atoms with Crippen LogP contribution in [-0.2, 0) is 9.53 Å². The highest BCUT2D eigenvalue weighted by Crippen LogP contribution is 2.63. The number of ether oxygens (including phenoxy) is 1. The van der Waals surface area contributed by atoms with Gasteiger partial charge in [0.05, 0.1) is 7.11 Å². The van der Waals surface area contributed by atoms with E-state index in [1.165, 1.54) is 25.7 Å². The minimum atomic E-state index is -0.525. The Kier molecular flexibility index (Phi) is 4.32. The first-order valence-electron chi connectivity index (χ1n) is 7.63. The van der Waals surface area contributed by atoms with Crippen molar-refractivity contribution in [2.24, 2.45) is 16.7 Å². The molecule has 2 fully saturated rings.